The molecule has 0 radical (unpaired) electrons. The van der Waals surface area contributed by atoms with Gasteiger partial charge in [0.25, 0.3) is 0 Å². The van der Waals surface area contributed by atoms with E-state index in [1.165, 1.54) is 0 Å². The normalized spacial score (nSPS) is 12.5. The summed E-state index contributed by atoms with van der Waals surface area (Å²) >= 11 is 0. The molecule has 0 aromatic heterocycles. The zero-order chi connectivity index (χ0) is 25.8. The molecule has 0 unspecified atom stereocenters. The molecule has 0 aliphatic rings. The summed E-state index contributed by atoms with van der Waals surface area (Å²) in [5.74, 6) is 3.49. The van der Waals surface area contributed by atoms with Crippen LogP contribution in [0.4, 0.5) is 0 Å². The number of hydrogen-bond acceptors (Lipinski definition) is 7. The summed E-state index contributed by atoms with van der Waals surface area (Å²) in [6.45, 7) is 5.91. The molecule has 1 atom stereocenters. The van der Waals surface area contributed by atoms with Gasteiger partial charge in [0.05, 0.1) is 47.0 Å². The fourth-order valence-electron chi connectivity index (χ4n) is 4.40. The van der Waals surface area contributed by atoms with E-state index in [9.17, 15) is 5.26 Å². The lowest BCUT2D eigenvalue weighted by molar-refractivity contribution is 0.323. The number of nitrogens with one attached hydrogen (secondary N) is 1. The lowest BCUT2D eigenvalue weighted by Crippen LogP contribution is -2.32. The van der Waals surface area contributed by atoms with Crippen LogP contribution in [0.1, 0.15) is 44.2 Å². The van der Waals surface area contributed by atoms with Crippen LogP contribution in [0.25, 0.3) is 0 Å². The predicted molar refractivity (Wildman–Crippen MR) is 138 cm³/mol. The Morgan fingerprint density at radius 3 is 1.83 bits per heavy atom. The second-order valence-corrected chi connectivity index (χ2v) is 8.83. The fourth-order valence-corrected chi connectivity index (χ4v) is 4.40. The van der Waals surface area contributed by atoms with Crippen molar-refractivity contribution in [3.8, 4) is 34.8 Å². The molecule has 0 aliphatic heterocycles. The number of ether oxygens (including phenoxy) is 5. The molecular formula is C28H40N2O5. The van der Waals surface area contributed by atoms with Crippen LogP contribution in [0.5, 0.6) is 28.7 Å². The van der Waals surface area contributed by atoms with Gasteiger partial charge in [-0.2, -0.15) is 5.26 Å². The maximum Gasteiger partial charge on any atom is 0.203 e. The van der Waals surface area contributed by atoms with Gasteiger partial charge < -0.3 is 29.0 Å². The second kappa shape index (κ2) is 13.7. The summed E-state index contributed by atoms with van der Waals surface area (Å²) in [5.41, 5.74) is 1.46. The number of rotatable bonds is 15. The van der Waals surface area contributed by atoms with Crippen molar-refractivity contribution in [1.29, 1.82) is 5.26 Å². The average Bonchev–Trinajstić information content (AvgIpc) is 2.89. The Labute approximate surface area is 210 Å². The summed E-state index contributed by atoms with van der Waals surface area (Å²) in [4.78, 5) is 0. The Balaban J connectivity index is 1.94. The molecule has 0 amide bonds. The van der Waals surface area contributed by atoms with Crippen molar-refractivity contribution in [3.05, 3.63) is 41.5 Å². The molecule has 192 valence electrons. The standard InChI is InChI=1S/C28H40N2O5/c1-20(2)28(19-29,22-16-23(31-3)18-24(17-22)32-4)11-9-13-30-12-8-10-21-14-25(33-5)27(35-7)26(15-21)34-6/h14-18,20,30H,8-13H2,1-7H3/t28-/m0/s1. The Kier molecular flexibility index (Phi) is 11.0. The molecule has 0 heterocycles. The molecule has 0 saturated heterocycles. The second-order valence-electron chi connectivity index (χ2n) is 8.83. The van der Waals surface area contributed by atoms with Crippen LogP contribution in [0.3, 0.4) is 0 Å². The van der Waals surface area contributed by atoms with Gasteiger partial charge in [0, 0.05) is 6.07 Å². The highest BCUT2D eigenvalue weighted by atomic mass is 16.5. The first-order chi connectivity index (χ1) is 16.9. The molecule has 2 aromatic carbocycles. The molecule has 2 rings (SSSR count). The lowest BCUT2D eigenvalue weighted by atomic mass is 9.69. The number of nitrogens with zero attached hydrogens (tertiary/aromatic N) is 1. The number of nitriles is 1. The molecule has 35 heavy (non-hydrogen) atoms. The van der Waals surface area contributed by atoms with Gasteiger partial charge in [0.15, 0.2) is 11.5 Å². The van der Waals surface area contributed by atoms with Gasteiger partial charge in [-0.3, -0.25) is 0 Å². The quantitative estimate of drug-likeness (QED) is 0.350. The summed E-state index contributed by atoms with van der Waals surface area (Å²) < 4.78 is 27.2. The van der Waals surface area contributed by atoms with Crippen LogP contribution in [-0.4, -0.2) is 48.6 Å². The lowest BCUT2D eigenvalue weighted by Gasteiger charge is -2.32. The minimum Gasteiger partial charge on any atom is -0.497 e. The SMILES string of the molecule is COc1cc(OC)cc([C@](C#N)(CCCNCCCc2cc(OC)c(OC)c(OC)c2)C(C)C)c1. The minimum absolute atomic E-state index is 0.143. The summed E-state index contributed by atoms with van der Waals surface area (Å²) in [6.07, 6.45) is 3.49. The molecule has 0 aliphatic carbocycles. The molecular weight excluding hydrogens is 444 g/mol. The van der Waals surface area contributed by atoms with E-state index in [4.69, 9.17) is 23.7 Å². The van der Waals surface area contributed by atoms with Crippen LogP contribution in [-0.2, 0) is 11.8 Å². The molecule has 1 N–H and O–H groups in total. The highest BCUT2D eigenvalue weighted by Crippen LogP contribution is 2.40. The third-order valence-electron chi connectivity index (χ3n) is 6.52. The highest BCUT2D eigenvalue weighted by Gasteiger charge is 2.36. The maximum absolute atomic E-state index is 10.2. The molecule has 7 heteroatoms. The highest BCUT2D eigenvalue weighted by molar-refractivity contribution is 5.53. The number of benzene rings is 2. The Hall–Kier alpha value is -3.11. The first kappa shape index (κ1) is 28.1. The van der Waals surface area contributed by atoms with Crippen molar-refractivity contribution in [2.24, 2.45) is 5.92 Å². The van der Waals surface area contributed by atoms with Crippen LogP contribution in [0, 0.1) is 17.2 Å². The summed E-state index contributed by atoms with van der Waals surface area (Å²) in [5, 5.41) is 13.8. The summed E-state index contributed by atoms with van der Waals surface area (Å²) in [6, 6.07) is 12.3. The molecule has 0 saturated carbocycles. The third kappa shape index (κ3) is 6.95. The average molecular weight is 485 g/mol. The van der Waals surface area contributed by atoms with Crippen LogP contribution < -0.4 is 29.0 Å². The van der Waals surface area contributed by atoms with Crippen molar-refractivity contribution in [1.82, 2.24) is 5.32 Å². The topological polar surface area (TPSA) is 82.0 Å². The fraction of sp³-hybridized carbons (Fsp3) is 0.536. The van der Waals surface area contributed by atoms with E-state index in [1.54, 1.807) is 35.5 Å². The van der Waals surface area contributed by atoms with E-state index in [0.717, 1.165) is 49.9 Å². The zero-order valence-electron chi connectivity index (χ0n) is 22.2. The van der Waals surface area contributed by atoms with Gasteiger partial charge in [-0.25, -0.2) is 0 Å². The van der Waals surface area contributed by atoms with Crippen LogP contribution in [0.2, 0.25) is 0 Å². The Bertz CT molecular complexity index is 939. The van der Waals surface area contributed by atoms with Crippen molar-refractivity contribution < 1.29 is 23.7 Å². The number of hydrogen-bond donors (Lipinski definition) is 1. The Morgan fingerprint density at radius 1 is 0.800 bits per heavy atom. The first-order valence-electron chi connectivity index (χ1n) is 12.0. The van der Waals surface area contributed by atoms with E-state index < -0.39 is 5.41 Å². The first-order valence-corrected chi connectivity index (χ1v) is 12.0. The van der Waals surface area contributed by atoms with E-state index in [2.05, 4.69) is 25.2 Å². The van der Waals surface area contributed by atoms with Crippen molar-refractivity contribution >= 4 is 0 Å². The van der Waals surface area contributed by atoms with Crippen LogP contribution >= 0.6 is 0 Å². The van der Waals surface area contributed by atoms with E-state index >= 15 is 0 Å². The van der Waals surface area contributed by atoms with Gasteiger partial charge in [0.2, 0.25) is 5.75 Å². The predicted octanol–water partition coefficient (Wildman–Crippen LogP) is 5.15. The van der Waals surface area contributed by atoms with Gasteiger partial charge >= 0.3 is 0 Å². The van der Waals surface area contributed by atoms with Crippen molar-refractivity contribution in [2.45, 2.75) is 44.9 Å². The molecule has 0 fully saturated rings. The van der Waals surface area contributed by atoms with Gasteiger partial charge in [-0.1, -0.05) is 13.8 Å². The monoisotopic (exact) mass is 484 g/mol. The van der Waals surface area contributed by atoms with Gasteiger partial charge in [-0.05, 0) is 80.1 Å². The van der Waals surface area contributed by atoms with Gasteiger partial charge in [0.1, 0.15) is 11.5 Å². The van der Waals surface area contributed by atoms with Crippen molar-refractivity contribution in [3.63, 3.8) is 0 Å². The molecule has 0 spiro atoms. The van der Waals surface area contributed by atoms with E-state index in [0.29, 0.717) is 28.7 Å². The maximum atomic E-state index is 10.2. The molecule has 0 bridgehead atoms. The minimum atomic E-state index is -0.611. The summed E-state index contributed by atoms with van der Waals surface area (Å²) in [7, 11) is 8.12. The van der Waals surface area contributed by atoms with Crippen molar-refractivity contribution in [2.75, 3.05) is 48.6 Å². The zero-order valence-corrected chi connectivity index (χ0v) is 22.2. The molecule has 2 aromatic rings. The van der Waals surface area contributed by atoms with E-state index in [1.807, 2.05) is 30.3 Å². The third-order valence-corrected chi connectivity index (χ3v) is 6.52. The van der Waals surface area contributed by atoms with Gasteiger partial charge in [-0.15, -0.1) is 0 Å². The largest absolute Gasteiger partial charge is 0.497 e. The Morgan fingerprint density at radius 2 is 1.37 bits per heavy atom. The number of methoxy groups -OCH3 is 5. The van der Waals surface area contributed by atoms with E-state index in [-0.39, 0.29) is 5.92 Å². The molecule has 7 nitrogen and oxygen atoms in total. The van der Waals surface area contributed by atoms with Crippen LogP contribution in [0.15, 0.2) is 30.3 Å². The number of aryl methyl sites for hydroxylation is 1. The smallest absolute Gasteiger partial charge is 0.203 e.